The van der Waals surface area contributed by atoms with Gasteiger partial charge in [0.1, 0.15) is 0 Å². The maximum atomic E-state index is 12.5. The first kappa shape index (κ1) is 64.3. The van der Waals surface area contributed by atoms with Crippen LogP contribution in [0, 0.1) is 0 Å². The molecule has 66 heavy (non-hydrogen) atoms. The number of hydrogen-bond acceptors (Lipinski definition) is 4. The highest BCUT2D eigenvalue weighted by Gasteiger charge is 2.20. The van der Waals surface area contributed by atoms with Crippen molar-refractivity contribution in [2.24, 2.45) is 0 Å². The van der Waals surface area contributed by atoms with Crippen LogP contribution >= 0.6 is 0 Å². The summed E-state index contributed by atoms with van der Waals surface area (Å²) in [5.74, 6) is -0.326. The van der Waals surface area contributed by atoms with Crippen molar-refractivity contribution in [1.29, 1.82) is 0 Å². The Labute approximate surface area is 412 Å². The summed E-state index contributed by atoms with van der Waals surface area (Å²) in [7, 11) is 0. The Kier molecular flexibility index (Phi) is 54.5. The van der Waals surface area contributed by atoms with Crippen molar-refractivity contribution < 1.29 is 20.1 Å². The van der Waals surface area contributed by atoms with Gasteiger partial charge in [-0.25, -0.2) is 0 Å². The van der Waals surface area contributed by atoms with Gasteiger partial charge in [0.05, 0.1) is 31.3 Å². The number of rotatable bonds is 54. The van der Waals surface area contributed by atoms with Gasteiger partial charge < -0.3 is 20.6 Å². The lowest BCUT2D eigenvalue weighted by molar-refractivity contribution is -0.124. The lowest BCUT2D eigenvalue weighted by Crippen LogP contribution is -2.45. The van der Waals surface area contributed by atoms with Crippen molar-refractivity contribution in [2.45, 2.75) is 327 Å². The molecule has 5 nitrogen and oxygen atoms in total. The third kappa shape index (κ3) is 51.7. The van der Waals surface area contributed by atoms with Crippen LogP contribution in [0.3, 0.4) is 0 Å². The maximum Gasteiger partial charge on any atom is 0.222 e. The van der Waals surface area contributed by atoms with E-state index >= 15 is 0 Å². The topological polar surface area (TPSA) is 89.8 Å². The van der Waals surface area contributed by atoms with Crippen molar-refractivity contribution in [1.82, 2.24) is 5.32 Å². The predicted molar refractivity (Wildman–Crippen MR) is 291 cm³/mol. The molecule has 0 aliphatic heterocycles. The first-order chi connectivity index (χ1) is 32.5. The van der Waals surface area contributed by atoms with Crippen molar-refractivity contribution in [3.8, 4) is 0 Å². The summed E-state index contributed by atoms with van der Waals surface area (Å²) >= 11 is 0. The molecule has 0 aliphatic carbocycles. The first-order valence-corrected chi connectivity index (χ1v) is 29.4. The molecule has 5 heteroatoms. The Bertz CT molecular complexity index is 1070. The fourth-order valence-corrected chi connectivity index (χ4v) is 9.08. The van der Waals surface area contributed by atoms with Crippen LogP contribution in [-0.4, -0.2) is 46.1 Å². The molecule has 4 N–H and O–H groups in total. The Morgan fingerprint density at radius 2 is 0.652 bits per heavy atom. The molecule has 3 unspecified atom stereocenters. The number of unbranched alkanes of at least 4 members (excludes halogenated alkanes) is 39. The molecule has 0 saturated heterocycles. The van der Waals surface area contributed by atoms with Gasteiger partial charge in [-0.1, -0.05) is 281 Å². The number of carbonyl (C=O) groups is 1. The summed E-state index contributed by atoms with van der Waals surface area (Å²) in [6.45, 7) is 4.23. The summed E-state index contributed by atoms with van der Waals surface area (Å²) in [4.78, 5) is 12.5. The smallest absolute Gasteiger partial charge is 0.222 e. The molecule has 0 aromatic rings. The highest BCUT2D eigenvalue weighted by atomic mass is 16.3. The lowest BCUT2D eigenvalue weighted by Gasteiger charge is -2.21. The summed E-state index contributed by atoms with van der Waals surface area (Å²) in [5, 5.41) is 33.4. The number of nitrogens with one attached hydrogen (secondary N) is 1. The van der Waals surface area contributed by atoms with Gasteiger partial charge in [-0.3, -0.25) is 4.79 Å². The minimum atomic E-state index is -0.961. The zero-order valence-corrected chi connectivity index (χ0v) is 44.3. The summed E-state index contributed by atoms with van der Waals surface area (Å²) in [5.41, 5.74) is 0. The van der Waals surface area contributed by atoms with E-state index in [1.807, 2.05) is 6.08 Å². The van der Waals surface area contributed by atoms with Crippen LogP contribution in [0.2, 0.25) is 0 Å². The fraction of sp³-hybridized carbons (Fsp3) is 0.852. The molecule has 0 rings (SSSR count). The second-order valence-corrected chi connectivity index (χ2v) is 20.2. The standard InChI is InChI=1S/C61H115NO4/c1-3-5-7-9-11-13-15-17-19-21-23-25-26-27-28-29-30-31-32-33-35-36-38-40-42-44-46-48-50-52-54-58(64)56-61(66)62-59(57-63)60(65)55-53-51-49-47-45-43-41-39-37-34-24-22-20-18-16-14-12-10-8-6-4-2/h27-28,37,39,45,47,53,55,58-60,63-65H,3-26,29-36,38,40-44,46,48-52,54,56-57H2,1-2H3,(H,62,66)/b28-27-,39-37+,47-45+,55-53+. The van der Waals surface area contributed by atoms with Crippen molar-refractivity contribution >= 4 is 5.91 Å². The number of aliphatic hydroxyl groups excluding tert-OH is 3. The molecule has 0 spiro atoms. The Morgan fingerprint density at radius 1 is 0.379 bits per heavy atom. The lowest BCUT2D eigenvalue weighted by atomic mass is 10.0. The van der Waals surface area contributed by atoms with Gasteiger partial charge >= 0.3 is 0 Å². The van der Waals surface area contributed by atoms with Gasteiger partial charge in [0.25, 0.3) is 0 Å². The summed E-state index contributed by atoms with van der Waals surface area (Å²) in [6.07, 6.45) is 74.6. The van der Waals surface area contributed by atoms with Gasteiger partial charge in [-0.2, -0.15) is 0 Å². The van der Waals surface area contributed by atoms with E-state index in [4.69, 9.17) is 0 Å². The van der Waals surface area contributed by atoms with E-state index in [0.29, 0.717) is 6.42 Å². The first-order valence-electron chi connectivity index (χ1n) is 29.4. The normalized spacial score (nSPS) is 13.6. The number of carbonyl (C=O) groups excluding carboxylic acids is 1. The average Bonchev–Trinajstić information content (AvgIpc) is 3.31. The van der Waals surface area contributed by atoms with E-state index in [2.05, 4.69) is 55.6 Å². The van der Waals surface area contributed by atoms with Crippen LogP contribution in [0.15, 0.2) is 48.6 Å². The van der Waals surface area contributed by atoms with Crippen LogP contribution in [0.5, 0.6) is 0 Å². The van der Waals surface area contributed by atoms with Crippen LogP contribution in [0.4, 0.5) is 0 Å². The zero-order chi connectivity index (χ0) is 47.9. The SMILES string of the molecule is CCCCCCCCCCCCC/C=C/CC/C=C/CC/C=C/C(O)C(CO)NC(=O)CC(O)CCCCCCCCCCCCCCCC/C=C\CCCCCCCCCCCCCC. The quantitative estimate of drug-likeness (QED) is 0.0361. The molecule has 0 heterocycles. The van der Waals surface area contributed by atoms with Gasteiger partial charge in [-0.05, 0) is 70.6 Å². The highest BCUT2D eigenvalue weighted by molar-refractivity contribution is 5.76. The second kappa shape index (κ2) is 55.9. The van der Waals surface area contributed by atoms with E-state index in [-0.39, 0.29) is 18.9 Å². The number of allylic oxidation sites excluding steroid dienone is 7. The Balaban J connectivity index is 3.59. The molecule has 0 aromatic heterocycles. The number of hydrogen-bond donors (Lipinski definition) is 4. The van der Waals surface area contributed by atoms with E-state index in [1.54, 1.807) is 6.08 Å². The summed E-state index contributed by atoms with van der Waals surface area (Å²) < 4.78 is 0. The van der Waals surface area contributed by atoms with Crippen molar-refractivity contribution in [3.05, 3.63) is 48.6 Å². The van der Waals surface area contributed by atoms with E-state index in [0.717, 1.165) is 38.5 Å². The molecule has 1 amide bonds. The van der Waals surface area contributed by atoms with Crippen molar-refractivity contribution in [3.63, 3.8) is 0 Å². The Hall–Kier alpha value is -1.69. The van der Waals surface area contributed by atoms with E-state index in [1.165, 1.54) is 244 Å². The molecular weight excluding hydrogens is 811 g/mol. The maximum absolute atomic E-state index is 12.5. The van der Waals surface area contributed by atoms with Gasteiger partial charge in [0, 0.05) is 0 Å². The van der Waals surface area contributed by atoms with Gasteiger partial charge in [-0.15, -0.1) is 0 Å². The van der Waals surface area contributed by atoms with Crippen LogP contribution in [-0.2, 0) is 4.79 Å². The average molecular weight is 927 g/mol. The predicted octanol–water partition coefficient (Wildman–Crippen LogP) is 18.4. The highest BCUT2D eigenvalue weighted by Crippen LogP contribution is 2.17. The Morgan fingerprint density at radius 3 is 0.970 bits per heavy atom. The monoisotopic (exact) mass is 926 g/mol. The third-order valence-corrected chi connectivity index (χ3v) is 13.6. The third-order valence-electron chi connectivity index (χ3n) is 13.6. The van der Waals surface area contributed by atoms with Gasteiger partial charge in [0.2, 0.25) is 5.91 Å². The number of aliphatic hydroxyl groups is 3. The van der Waals surface area contributed by atoms with E-state index < -0.39 is 18.2 Å². The molecule has 0 radical (unpaired) electrons. The minimum absolute atomic E-state index is 0.00316. The molecule has 3 atom stereocenters. The molecule has 0 bridgehead atoms. The second-order valence-electron chi connectivity index (χ2n) is 20.2. The molecule has 0 fully saturated rings. The van der Waals surface area contributed by atoms with Crippen molar-refractivity contribution in [2.75, 3.05) is 6.61 Å². The van der Waals surface area contributed by atoms with Crippen LogP contribution < -0.4 is 5.32 Å². The fourth-order valence-electron chi connectivity index (χ4n) is 9.08. The zero-order valence-electron chi connectivity index (χ0n) is 44.3. The molecule has 0 aromatic carbocycles. The molecule has 0 saturated carbocycles. The number of amides is 1. The largest absolute Gasteiger partial charge is 0.394 e. The molecule has 0 aliphatic rings. The molecule has 388 valence electrons. The summed E-state index contributed by atoms with van der Waals surface area (Å²) in [6, 6.07) is -0.769. The van der Waals surface area contributed by atoms with Crippen LogP contribution in [0.25, 0.3) is 0 Å². The van der Waals surface area contributed by atoms with Crippen LogP contribution in [0.1, 0.15) is 309 Å². The minimum Gasteiger partial charge on any atom is -0.394 e. The van der Waals surface area contributed by atoms with Gasteiger partial charge in [0.15, 0.2) is 0 Å². The van der Waals surface area contributed by atoms with E-state index in [9.17, 15) is 20.1 Å². The molecular formula is C61H115NO4.